The van der Waals surface area contributed by atoms with Crippen LogP contribution in [-0.4, -0.2) is 19.5 Å². The van der Waals surface area contributed by atoms with E-state index in [0.29, 0.717) is 17.7 Å². The summed E-state index contributed by atoms with van der Waals surface area (Å²) in [4.78, 5) is 13.3. The molecule has 158 valence electrons. The molecular formula is C24H16F3N5. The molecule has 5 rings (SSSR count). The van der Waals surface area contributed by atoms with Gasteiger partial charge in [0.1, 0.15) is 23.1 Å². The Kier molecular flexibility index (Phi) is 5.03. The summed E-state index contributed by atoms with van der Waals surface area (Å²) in [6, 6.07) is 19.3. The molecule has 5 nitrogen and oxygen atoms in total. The molecule has 2 heterocycles. The van der Waals surface area contributed by atoms with Crippen LogP contribution in [0.4, 0.5) is 24.7 Å². The van der Waals surface area contributed by atoms with Crippen molar-refractivity contribution in [2.75, 3.05) is 5.32 Å². The average Bonchev–Trinajstić information content (AvgIpc) is 3.20. The van der Waals surface area contributed by atoms with E-state index in [4.69, 9.17) is 0 Å². The summed E-state index contributed by atoms with van der Waals surface area (Å²) in [5.74, 6) is -1.93. The molecule has 0 aliphatic rings. The second-order valence-electron chi connectivity index (χ2n) is 7.13. The number of anilines is 2. The first kappa shape index (κ1) is 19.7. The lowest BCUT2D eigenvalue weighted by atomic mass is 10.2. The molecule has 0 bridgehead atoms. The maximum Gasteiger partial charge on any atom is 0.167 e. The Labute approximate surface area is 181 Å². The number of nitrogens with one attached hydrogen (secondary N) is 1. The van der Waals surface area contributed by atoms with Crippen LogP contribution in [0.3, 0.4) is 0 Å². The number of nitrogens with zero attached hydrogens (tertiary/aromatic N) is 4. The van der Waals surface area contributed by atoms with Crippen molar-refractivity contribution in [2.45, 2.75) is 6.54 Å². The van der Waals surface area contributed by atoms with Crippen LogP contribution in [-0.2, 0) is 6.54 Å². The first-order valence-electron chi connectivity index (χ1n) is 9.83. The van der Waals surface area contributed by atoms with E-state index in [1.807, 2.05) is 30.3 Å². The summed E-state index contributed by atoms with van der Waals surface area (Å²) in [5.41, 5.74) is 1.51. The SMILES string of the molecule is Fc1ccccc1-c1nc(Nc2c(F)cccc2F)c2ncn(Cc3ccccc3)c2n1. The monoisotopic (exact) mass is 431 g/mol. The van der Waals surface area contributed by atoms with E-state index in [1.165, 1.54) is 12.1 Å². The molecule has 1 N–H and O–H groups in total. The molecule has 3 aromatic carbocycles. The molecular weight excluding hydrogens is 415 g/mol. The van der Waals surface area contributed by atoms with Crippen LogP contribution in [0.5, 0.6) is 0 Å². The molecule has 0 unspecified atom stereocenters. The van der Waals surface area contributed by atoms with E-state index in [0.717, 1.165) is 17.7 Å². The van der Waals surface area contributed by atoms with Gasteiger partial charge < -0.3 is 9.88 Å². The Hall–Kier alpha value is -4.20. The van der Waals surface area contributed by atoms with Crippen LogP contribution in [0.2, 0.25) is 0 Å². The third kappa shape index (κ3) is 3.66. The second-order valence-corrected chi connectivity index (χ2v) is 7.13. The largest absolute Gasteiger partial charge is 0.333 e. The molecule has 0 fully saturated rings. The number of hydrogen-bond donors (Lipinski definition) is 1. The molecule has 2 aromatic heterocycles. The van der Waals surface area contributed by atoms with Crippen LogP contribution < -0.4 is 5.32 Å². The minimum absolute atomic E-state index is 0.0732. The van der Waals surface area contributed by atoms with E-state index in [1.54, 1.807) is 29.1 Å². The maximum atomic E-state index is 14.5. The van der Waals surface area contributed by atoms with Crippen LogP contribution in [0.15, 0.2) is 79.1 Å². The van der Waals surface area contributed by atoms with Crippen LogP contribution >= 0.6 is 0 Å². The highest BCUT2D eigenvalue weighted by molar-refractivity contribution is 5.87. The van der Waals surface area contributed by atoms with Crippen LogP contribution in [0, 0.1) is 17.5 Å². The first-order chi connectivity index (χ1) is 15.6. The summed E-state index contributed by atoms with van der Waals surface area (Å²) in [6.07, 6.45) is 1.57. The number of fused-ring (bicyclic) bond motifs is 1. The quantitative estimate of drug-likeness (QED) is 0.388. The summed E-state index contributed by atoms with van der Waals surface area (Å²) in [5, 5.41) is 2.69. The molecule has 8 heteroatoms. The minimum Gasteiger partial charge on any atom is -0.333 e. The fourth-order valence-electron chi connectivity index (χ4n) is 3.43. The summed E-state index contributed by atoms with van der Waals surface area (Å²) in [6.45, 7) is 0.457. The standard InChI is InChI=1S/C24H16F3N5/c25-17-10-5-4-9-16(17)22-30-23(29-20-18(26)11-6-12-19(20)27)21-24(31-22)32(14-28-21)13-15-7-2-1-3-8-15/h1-12,14H,13H2,(H,29,30,31). The van der Waals surface area contributed by atoms with Crippen molar-refractivity contribution in [3.8, 4) is 11.4 Å². The number of hydrogen-bond acceptors (Lipinski definition) is 4. The van der Waals surface area contributed by atoms with Crippen LogP contribution in [0.1, 0.15) is 5.56 Å². The van der Waals surface area contributed by atoms with Gasteiger partial charge in [-0.3, -0.25) is 0 Å². The second kappa shape index (κ2) is 8.14. The normalized spacial score (nSPS) is 11.1. The summed E-state index contributed by atoms with van der Waals surface area (Å²) < 4.78 is 44.8. The first-order valence-corrected chi connectivity index (χ1v) is 9.83. The van der Waals surface area contributed by atoms with E-state index in [9.17, 15) is 13.2 Å². The number of benzene rings is 3. The van der Waals surface area contributed by atoms with Gasteiger partial charge >= 0.3 is 0 Å². The van der Waals surface area contributed by atoms with Gasteiger partial charge in [-0.15, -0.1) is 0 Å². The van der Waals surface area contributed by atoms with Gasteiger partial charge in [-0.2, -0.15) is 0 Å². The Bertz CT molecular complexity index is 1400. The smallest absolute Gasteiger partial charge is 0.167 e. The highest BCUT2D eigenvalue weighted by Gasteiger charge is 2.19. The topological polar surface area (TPSA) is 55.6 Å². The van der Waals surface area contributed by atoms with Crippen molar-refractivity contribution < 1.29 is 13.2 Å². The molecule has 0 saturated heterocycles. The summed E-state index contributed by atoms with van der Waals surface area (Å²) >= 11 is 0. The summed E-state index contributed by atoms with van der Waals surface area (Å²) in [7, 11) is 0. The molecule has 32 heavy (non-hydrogen) atoms. The molecule has 0 aliphatic carbocycles. The number of halogens is 3. The van der Waals surface area contributed by atoms with Gasteiger partial charge in [-0.1, -0.05) is 48.5 Å². The number of imidazole rings is 1. The van der Waals surface area contributed by atoms with Crippen molar-refractivity contribution in [1.29, 1.82) is 0 Å². The van der Waals surface area contributed by atoms with Crippen LogP contribution in [0.25, 0.3) is 22.6 Å². The third-order valence-electron chi connectivity index (χ3n) is 4.98. The highest BCUT2D eigenvalue weighted by Crippen LogP contribution is 2.30. The minimum atomic E-state index is -0.784. The van der Waals surface area contributed by atoms with Gasteiger partial charge in [0.25, 0.3) is 0 Å². The van der Waals surface area contributed by atoms with Gasteiger partial charge in [0.15, 0.2) is 22.8 Å². The molecule has 5 aromatic rings. The van der Waals surface area contributed by atoms with E-state index in [2.05, 4.69) is 20.3 Å². The van der Waals surface area contributed by atoms with Gasteiger partial charge in [-0.05, 0) is 29.8 Å². The lowest BCUT2D eigenvalue weighted by Crippen LogP contribution is -2.05. The Morgan fingerprint density at radius 1 is 0.750 bits per heavy atom. The number of rotatable bonds is 5. The third-order valence-corrected chi connectivity index (χ3v) is 4.98. The predicted octanol–water partition coefficient (Wildman–Crippen LogP) is 5.70. The zero-order valence-electron chi connectivity index (χ0n) is 16.6. The van der Waals surface area contributed by atoms with Gasteiger partial charge in [0, 0.05) is 0 Å². The highest BCUT2D eigenvalue weighted by atomic mass is 19.1. The van der Waals surface area contributed by atoms with Crippen molar-refractivity contribution in [2.24, 2.45) is 0 Å². The Morgan fingerprint density at radius 2 is 1.44 bits per heavy atom. The van der Waals surface area contributed by atoms with E-state index >= 15 is 0 Å². The van der Waals surface area contributed by atoms with Crippen molar-refractivity contribution in [3.05, 3.63) is 102 Å². The average molecular weight is 431 g/mol. The van der Waals surface area contributed by atoms with Gasteiger partial charge in [0.05, 0.1) is 18.4 Å². The molecule has 0 spiro atoms. The molecule has 0 aliphatic heterocycles. The lowest BCUT2D eigenvalue weighted by molar-refractivity contribution is 0.590. The zero-order valence-corrected chi connectivity index (χ0v) is 16.6. The fraction of sp³-hybridized carbons (Fsp3) is 0.0417. The Morgan fingerprint density at radius 3 is 2.19 bits per heavy atom. The number of aromatic nitrogens is 4. The van der Waals surface area contributed by atoms with Crippen molar-refractivity contribution >= 4 is 22.7 Å². The van der Waals surface area contributed by atoms with Crippen molar-refractivity contribution in [1.82, 2.24) is 19.5 Å². The molecule has 0 atom stereocenters. The predicted molar refractivity (Wildman–Crippen MR) is 116 cm³/mol. The molecule has 0 radical (unpaired) electrons. The van der Waals surface area contributed by atoms with E-state index < -0.39 is 17.5 Å². The molecule has 0 saturated carbocycles. The molecule has 0 amide bonds. The fourth-order valence-corrected chi connectivity index (χ4v) is 3.43. The van der Waals surface area contributed by atoms with Gasteiger partial charge in [-0.25, -0.2) is 28.1 Å². The van der Waals surface area contributed by atoms with Crippen molar-refractivity contribution in [3.63, 3.8) is 0 Å². The maximum absolute atomic E-state index is 14.5. The number of para-hydroxylation sites is 1. The van der Waals surface area contributed by atoms with E-state index in [-0.39, 0.29) is 22.9 Å². The lowest BCUT2D eigenvalue weighted by Gasteiger charge is -2.11. The zero-order chi connectivity index (χ0) is 22.1. The Balaban J connectivity index is 1.69. The van der Waals surface area contributed by atoms with Gasteiger partial charge in [0.2, 0.25) is 0 Å².